The van der Waals surface area contributed by atoms with Crippen LogP contribution in [0, 0.1) is 12.7 Å². The van der Waals surface area contributed by atoms with Gasteiger partial charge in [0.25, 0.3) is 5.89 Å². The molecule has 0 spiro atoms. The fourth-order valence-corrected chi connectivity index (χ4v) is 3.30. The molecular formula is C19H21FN4O2S. The molecule has 1 aromatic carbocycles. The quantitative estimate of drug-likeness (QED) is 0.629. The van der Waals surface area contributed by atoms with Crippen LogP contribution >= 0.6 is 11.3 Å². The van der Waals surface area contributed by atoms with Crippen molar-refractivity contribution in [3.63, 3.8) is 0 Å². The molecule has 3 aromatic rings. The molecule has 1 N–H and O–H groups in total. The van der Waals surface area contributed by atoms with Crippen LogP contribution in [0.3, 0.4) is 0 Å². The number of carbonyl (C=O) groups is 1. The van der Waals surface area contributed by atoms with E-state index in [0.717, 1.165) is 16.9 Å². The number of aryl methyl sites for hydroxylation is 1. The smallest absolute Gasteiger partial charge is 0.257 e. The molecule has 0 aliphatic carbocycles. The van der Waals surface area contributed by atoms with Gasteiger partial charge in [0, 0.05) is 5.69 Å². The van der Waals surface area contributed by atoms with Crippen molar-refractivity contribution in [1.82, 2.24) is 15.1 Å². The van der Waals surface area contributed by atoms with Crippen LogP contribution in [0.4, 0.5) is 10.1 Å². The molecule has 6 nitrogen and oxygen atoms in total. The molecule has 0 aliphatic rings. The number of nitrogens with zero attached hydrogens (tertiary/aromatic N) is 3. The second-order valence-electron chi connectivity index (χ2n) is 6.20. The largest absolute Gasteiger partial charge is 0.419 e. The number of benzene rings is 1. The van der Waals surface area contributed by atoms with Crippen molar-refractivity contribution < 1.29 is 13.6 Å². The highest BCUT2D eigenvalue weighted by Gasteiger charge is 2.16. The summed E-state index contributed by atoms with van der Waals surface area (Å²) in [5.41, 5.74) is 1.29. The van der Waals surface area contributed by atoms with Gasteiger partial charge in [-0.05, 0) is 49.0 Å². The number of anilines is 1. The fraction of sp³-hybridized carbons (Fsp3) is 0.316. The van der Waals surface area contributed by atoms with Crippen molar-refractivity contribution >= 4 is 22.9 Å². The lowest BCUT2D eigenvalue weighted by Crippen LogP contribution is -2.33. The Balaban J connectivity index is 1.63. The zero-order valence-corrected chi connectivity index (χ0v) is 16.1. The van der Waals surface area contributed by atoms with Crippen LogP contribution in [-0.2, 0) is 11.3 Å². The Kier molecular flexibility index (Phi) is 6.31. The van der Waals surface area contributed by atoms with Gasteiger partial charge in [-0.1, -0.05) is 19.1 Å². The predicted molar refractivity (Wildman–Crippen MR) is 103 cm³/mol. The topological polar surface area (TPSA) is 71.3 Å². The molecule has 27 heavy (non-hydrogen) atoms. The minimum atomic E-state index is -0.381. The average Bonchev–Trinajstić information content (AvgIpc) is 3.29. The van der Waals surface area contributed by atoms with Crippen LogP contribution < -0.4 is 5.32 Å². The molecule has 0 radical (unpaired) electrons. The standard InChI is InChI=1S/C19H21FN4O2S/c1-3-8-24(11-17(25)21-15-10-14(20)7-6-13(15)2)12-18-22-23-19(26-18)16-5-4-9-27-16/h4-7,9-10H,3,8,11-12H2,1-2H3,(H,21,25). The Morgan fingerprint density at radius 1 is 1.33 bits per heavy atom. The minimum absolute atomic E-state index is 0.153. The first-order valence-corrected chi connectivity index (χ1v) is 9.57. The lowest BCUT2D eigenvalue weighted by molar-refractivity contribution is -0.117. The maximum absolute atomic E-state index is 13.4. The summed E-state index contributed by atoms with van der Waals surface area (Å²) < 4.78 is 19.1. The van der Waals surface area contributed by atoms with Gasteiger partial charge < -0.3 is 9.73 Å². The number of rotatable bonds is 8. The van der Waals surface area contributed by atoms with E-state index in [-0.39, 0.29) is 18.3 Å². The zero-order valence-electron chi connectivity index (χ0n) is 15.2. The van der Waals surface area contributed by atoms with E-state index in [1.807, 2.05) is 36.3 Å². The Morgan fingerprint density at radius 3 is 2.93 bits per heavy atom. The predicted octanol–water partition coefficient (Wildman–Crippen LogP) is 4.10. The summed E-state index contributed by atoms with van der Waals surface area (Å²) in [5.74, 6) is 0.348. The van der Waals surface area contributed by atoms with E-state index in [1.54, 1.807) is 6.07 Å². The molecule has 2 heterocycles. The Labute approximate surface area is 161 Å². The van der Waals surface area contributed by atoms with Crippen molar-refractivity contribution in [2.75, 3.05) is 18.4 Å². The summed E-state index contributed by atoms with van der Waals surface area (Å²) >= 11 is 1.53. The minimum Gasteiger partial charge on any atom is -0.419 e. The zero-order chi connectivity index (χ0) is 19.2. The lowest BCUT2D eigenvalue weighted by atomic mass is 10.2. The summed E-state index contributed by atoms with van der Waals surface area (Å²) in [7, 11) is 0. The van der Waals surface area contributed by atoms with E-state index in [4.69, 9.17) is 4.42 Å². The SMILES string of the molecule is CCCN(CC(=O)Nc1cc(F)ccc1C)Cc1nnc(-c2cccs2)o1. The van der Waals surface area contributed by atoms with E-state index >= 15 is 0 Å². The molecule has 0 unspecified atom stereocenters. The van der Waals surface area contributed by atoms with Gasteiger partial charge in [-0.2, -0.15) is 0 Å². The summed E-state index contributed by atoms with van der Waals surface area (Å²) in [5, 5.41) is 12.9. The lowest BCUT2D eigenvalue weighted by Gasteiger charge is -2.19. The third-order valence-corrected chi connectivity index (χ3v) is 4.80. The third kappa shape index (κ3) is 5.21. The maximum atomic E-state index is 13.4. The fourth-order valence-electron chi connectivity index (χ4n) is 2.66. The third-order valence-electron chi connectivity index (χ3n) is 3.94. The molecule has 142 valence electrons. The van der Waals surface area contributed by atoms with Crippen molar-refractivity contribution in [1.29, 1.82) is 0 Å². The second kappa shape index (κ2) is 8.88. The van der Waals surface area contributed by atoms with Gasteiger partial charge in [-0.25, -0.2) is 4.39 Å². The molecular weight excluding hydrogens is 367 g/mol. The summed E-state index contributed by atoms with van der Waals surface area (Å²) in [6.45, 7) is 5.09. The molecule has 0 aliphatic heterocycles. The molecule has 0 atom stereocenters. The summed E-state index contributed by atoms with van der Waals surface area (Å²) in [6.07, 6.45) is 0.873. The molecule has 8 heteroatoms. The number of halogens is 1. The van der Waals surface area contributed by atoms with Gasteiger partial charge in [0.15, 0.2) is 0 Å². The van der Waals surface area contributed by atoms with Gasteiger partial charge in [-0.3, -0.25) is 9.69 Å². The maximum Gasteiger partial charge on any atom is 0.257 e. The van der Waals surface area contributed by atoms with E-state index in [0.29, 0.717) is 30.6 Å². The highest BCUT2D eigenvalue weighted by molar-refractivity contribution is 7.13. The highest BCUT2D eigenvalue weighted by Crippen LogP contribution is 2.23. The Hall–Kier alpha value is -2.58. The van der Waals surface area contributed by atoms with Crippen LogP contribution in [0.5, 0.6) is 0 Å². The highest BCUT2D eigenvalue weighted by atomic mass is 32.1. The monoisotopic (exact) mass is 388 g/mol. The number of hydrogen-bond acceptors (Lipinski definition) is 6. The normalized spacial score (nSPS) is 11.1. The van der Waals surface area contributed by atoms with E-state index < -0.39 is 0 Å². The van der Waals surface area contributed by atoms with Gasteiger partial charge in [0.2, 0.25) is 11.8 Å². The first-order chi connectivity index (χ1) is 13.0. The first kappa shape index (κ1) is 19.2. The van der Waals surface area contributed by atoms with Crippen molar-refractivity contribution in [2.45, 2.75) is 26.8 Å². The summed E-state index contributed by atoms with van der Waals surface area (Å²) in [6, 6.07) is 8.17. The molecule has 0 fully saturated rings. The van der Waals surface area contributed by atoms with Gasteiger partial charge >= 0.3 is 0 Å². The molecule has 1 amide bonds. The van der Waals surface area contributed by atoms with E-state index in [2.05, 4.69) is 15.5 Å². The number of thiophene rings is 1. The number of aromatic nitrogens is 2. The van der Waals surface area contributed by atoms with Gasteiger partial charge in [0.1, 0.15) is 5.82 Å². The molecule has 0 bridgehead atoms. The second-order valence-corrected chi connectivity index (χ2v) is 7.14. The number of nitrogens with one attached hydrogen (secondary N) is 1. The van der Waals surface area contributed by atoms with Crippen LogP contribution in [0.15, 0.2) is 40.1 Å². The van der Waals surface area contributed by atoms with Crippen LogP contribution in [0.25, 0.3) is 10.8 Å². The number of hydrogen-bond donors (Lipinski definition) is 1. The summed E-state index contributed by atoms with van der Waals surface area (Å²) in [4.78, 5) is 15.2. The average molecular weight is 388 g/mol. The van der Waals surface area contributed by atoms with Crippen LogP contribution in [0.1, 0.15) is 24.8 Å². The van der Waals surface area contributed by atoms with Crippen LogP contribution in [0.2, 0.25) is 0 Å². The van der Waals surface area contributed by atoms with E-state index in [9.17, 15) is 9.18 Å². The van der Waals surface area contributed by atoms with Crippen molar-refractivity contribution in [3.8, 4) is 10.8 Å². The number of carbonyl (C=O) groups excluding carboxylic acids is 1. The Bertz CT molecular complexity index is 895. The Morgan fingerprint density at radius 2 is 2.19 bits per heavy atom. The molecule has 3 rings (SSSR count). The first-order valence-electron chi connectivity index (χ1n) is 8.69. The molecule has 2 aromatic heterocycles. The molecule has 0 saturated carbocycles. The van der Waals surface area contributed by atoms with Crippen molar-refractivity contribution in [2.24, 2.45) is 0 Å². The van der Waals surface area contributed by atoms with Gasteiger partial charge in [-0.15, -0.1) is 21.5 Å². The van der Waals surface area contributed by atoms with E-state index in [1.165, 1.54) is 23.5 Å². The van der Waals surface area contributed by atoms with Crippen molar-refractivity contribution in [3.05, 3.63) is 53.0 Å². The number of amides is 1. The van der Waals surface area contributed by atoms with Gasteiger partial charge in [0.05, 0.1) is 18.0 Å². The molecule has 0 saturated heterocycles. The van der Waals surface area contributed by atoms with Crippen LogP contribution in [-0.4, -0.2) is 34.1 Å².